The molecule has 2 aromatic rings. The lowest BCUT2D eigenvalue weighted by molar-refractivity contribution is -0.123. The minimum Gasteiger partial charge on any atom is -0.449 e. The summed E-state index contributed by atoms with van der Waals surface area (Å²) in [6, 6.07) is 11.3. The van der Waals surface area contributed by atoms with Gasteiger partial charge in [-0.1, -0.05) is 0 Å². The predicted octanol–water partition coefficient (Wildman–Crippen LogP) is 3.43. The van der Waals surface area contributed by atoms with Crippen LogP contribution in [0.4, 0.5) is 20.2 Å². The Labute approximate surface area is 159 Å². The van der Waals surface area contributed by atoms with E-state index in [4.69, 9.17) is 4.74 Å². The van der Waals surface area contributed by atoms with Gasteiger partial charge in [-0.05, 0) is 55.5 Å². The highest BCUT2D eigenvalue weighted by atomic mass is 19.3. The molecule has 7 nitrogen and oxygen atoms in total. The Balaban J connectivity index is 1.90. The van der Waals surface area contributed by atoms with Crippen molar-refractivity contribution < 1.29 is 32.6 Å². The van der Waals surface area contributed by atoms with E-state index in [0.717, 1.165) is 0 Å². The Kier molecular flexibility index (Phi) is 7.02. The summed E-state index contributed by atoms with van der Waals surface area (Å²) in [6.07, 6.45) is -1.10. The Hall–Kier alpha value is -3.49. The first-order valence-electron chi connectivity index (χ1n) is 8.19. The fraction of sp³-hybridized carbons (Fsp3) is 0.211. The largest absolute Gasteiger partial charge is 0.449 e. The van der Waals surface area contributed by atoms with E-state index in [0.29, 0.717) is 11.4 Å². The molecular formula is C19H18F2N2O5. The average molecular weight is 392 g/mol. The van der Waals surface area contributed by atoms with Crippen LogP contribution < -0.4 is 15.4 Å². The average Bonchev–Trinajstić information content (AvgIpc) is 2.63. The SMILES string of the molecule is CC(=O)Nc1ccc(NC(=O)[C@@H](C)OC(=O)c2ccc(OC(F)F)cc2)cc1. The zero-order chi connectivity index (χ0) is 20.7. The Bertz CT molecular complexity index is 838. The van der Waals surface area contributed by atoms with Crippen molar-refractivity contribution in [3.8, 4) is 5.75 Å². The molecule has 0 fully saturated rings. The van der Waals surface area contributed by atoms with Crippen LogP contribution in [0.2, 0.25) is 0 Å². The van der Waals surface area contributed by atoms with Crippen molar-refractivity contribution in [2.24, 2.45) is 0 Å². The number of anilines is 2. The standard InChI is InChI=1S/C19H18F2N2O5/c1-11(17(25)23-15-7-5-14(6-8-15)22-12(2)24)27-18(26)13-3-9-16(10-4-13)28-19(20)21/h3-11,19H,1-2H3,(H,22,24)(H,23,25)/t11-/m1/s1. The molecule has 0 heterocycles. The number of hydrogen-bond donors (Lipinski definition) is 2. The summed E-state index contributed by atoms with van der Waals surface area (Å²) >= 11 is 0. The van der Waals surface area contributed by atoms with Gasteiger partial charge in [-0.15, -0.1) is 0 Å². The first-order chi connectivity index (χ1) is 13.2. The van der Waals surface area contributed by atoms with Crippen molar-refractivity contribution >= 4 is 29.2 Å². The van der Waals surface area contributed by atoms with E-state index in [-0.39, 0.29) is 17.2 Å². The molecule has 0 aromatic heterocycles. The van der Waals surface area contributed by atoms with Crippen molar-refractivity contribution in [2.75, 3.05) is 10.6 Å². The number of carbonyl (C=O) groups excluding carboxylic acids is 3. The molecule has 0 saturated heterocycles. The second kappa shape index (κ2) is 9.45. The molecule has 148 valence electrons. The molecule has 0 aliphatic carbocycles. The van der Waals surface area contributed by atoms with Gasteiger partial charge in [0, 0.05) is 18.3 Å². The number of hydrogen-bond acceptors (Lipinski definition) is 5. The van der Waals surface area contributed by atoms with Gasteiger partial charge in [0.15, 0.2) is 6.10 Å². The van der Waals surface area contributed by atoms with Gasteiger partial charge in [0.05, 0.1) is 5.56 Å². The highest BCUT2D eigenvalue weighted by Gasteiger charge is 2.19. The summed E-state index contributed by atoms with van der Waals surface area (Å²) < 4.78 is 33.5. The van der Waals surface area contributed by atoms with Crippen LogP contribution in [0.15, 0.2) is 48.5 Å². The molecule has 0 aliphatic heterocycles. The molecule has 2 N–H and O–H groups in total. The van der Waals surface area contributed by atoms with Crippen LogP contribution in [-0.4, -0.2) is 30.5 Å². The third-order valence-electron chi connectivity index (χ3n) is 3.44. The van der Waals surface area contributed by atoms with Gasteiger partial charge in [0.25, 0.3) is 5.91 Å². The Morgan fingerprint density at radius 1 is 0.893 bits per heavy atom. The maximum Gasteiger partial charge on any atom is 0.387 e. The number of esters is 1. The summed E-state index contributed by atoms with van der Waals surface area (Å²) in [6.45, 7) is -0.188. The zero-order valence-corrected chi connectivity index (χ0v) is 15.1. The molecule has 1 atom stereocenters. The lowest BCUT2D eigenvalue weighted by atomic mass is 10.2. The number of carbonyl (C=O) groups is 3. The molecule has 0 unspecified atom stereocenters. The van der Waals surface area contributed by atoms with Gasteiger partial charge in [-0.25, -0.2) is 4.79 Å². The molecule has 0 aliphatic rings. The van der Waals surface area contributed by atoms with Crippen LogP contribution in [0.3, 0.4) is 0 Å². The van der Waals surface area contributed by atoms with Crippen molar-refractivity contribution in [1.82, 2.24) is 0 Å². The number of ether oxygens (including phenoxy) is 2. The van der Waals surface area contributed by atoms with Gasteiger partial charge < -0.3 is 20.1 Å². The molecule has 2 amide bonds. The van der Waals surface area contributed by atoms with E-state index in [9.17, 15) is 23.2 Å². The molecule has 0 radical (unpaired) electrons. The summed E-state index contributed by atoms with van der Waals surface area (Å²) in [4.78, 5) is 35.2. The van der Waals surface area contributed by atoms with Gasteiger partial charge >= 0.3 is 12.6 Å². The zero-order valence-electron chi connectivity index (χ0n) is 15.1. The first kappa shape index (κ1) is 20.8. The summed E-state index contributed by atoms with van der Waals surface area (Å²) in [5.74, 6) is -1.66. The second-order valence-corrected chi connectivity index (χ2v) is 5.70. The third kappa shape index (κ3) is 6.35. The van der Waals surface area contributed by atoms with E-state index < -0.39 is 24.6 Å². The van der Waals surface area contributed by atoms with Crippen LogP contribution >= 0.6 is 0 Å². The maximum absolute atomic E-state index is 12.2. The molecule has 0 bridgehead atoms. The minimum atomic E-state index is -2.96. The highest BCUT2D eigenvalue weighted by Crippen LogP contribution is 2.17. The number of benzene rings is 2. The molecular weight excluding hydrogens is 374 g/mol. The minimum absolute atomic E-state index is 0.0842. The van der Waals surface area contributed by atoms with Crippen LogP contribution in [0.1, 0.15) is 24.2 Å². The van der Waals surface area contributed by atoms with Crippen LogP contribution in [-0.2, 0) is 14.3 Å². The van der Waals surface area contributed by atoms with Crippen LogP contribution in [0.5, 0.6) is 5.75 Å². The quantitative estimate of drug-likeness (QED) is 0.704. The van der Waals surface area contributed by atoms with Crippen LogP contribution in [0, 0.1) is 0 Å². The van der Waals surface area contributed by atoms with Crippen molar-refractivity contribution in [3.05, 3.63) is 54.1 Å². The first-order valence-corrected chi connectivity index (χ1v) is 8.19. The summed E-state index contributed by atoms with van der Waals surface area (Å²) in [5, 5.41) is 5.17. The lowest BCUT2D eigenvalue weighted by Gasteiger charge is -2.14. The fourth-order valence-corrected chi connectivity index (χ4v) is 2.14. The van der Waals surface area contributed by atoms with E-state index in [1.165, 1.54) is 38.1 Å². The molecule has 2 rings (SSSR count). The summed E-state index contributed by atoms with van der Waals surface area (Å²) in [5.41, 5.74) is 1.11. The molecule has 28 heavy (non-hydrogen) atoms. The molecule has 9 heteroatoms. The molecule has 2 aromatic carbocycles. The topological polar surface area (TPSA) is 93.7 Å². The van der Waals surface area contributed by atoms with E-state index in [2.05, 4.69) is 15.4 Å². The second-order valence-electron chi connectivity index (χ2n) is 5.70. The summed E-state index contributed by atoms with van der Waals surface area (Å²) in [7, 11) is 0. The van der Waals surface area contributed by atoms with Gasteiger partial charge in [-0.2, -0.15) is 8.78 Å². The van der Waals surface area contributed by atoms with Crippen LogP contribution in [0.25, 0.3) is 0 Å². The monoisotopic (exact) mass is 392 g/mol. The molecule has 0 saturated carbocycles. The smallest absolute Gasteiger partial charge is 0.387 e. The number of alkyl halides is 2. The van der Waals surface area contributed by atoms with Gasteiger partial charge in [0.2, 0.25) is 5.91 Å². The maximum atomic E-state index is 12.2. The normalized spacial score (nSPS) is 11.5. The van der Waals surface area contributed by atoms with Crippen molar-refractivity contribution in [1.29, 1.82) is 0 Å². The van der Waals surface area contributed by atoms with Crippen molar-refractivity contribution in [3.63, 3.8) is 0 Å². The lowest BCUT2D eigenvalue weighted by Crippen LogP contribution is -2.30. The third-order valence-corrected chi connectivity index (χ3v) is 3.44. The van der Waals surface area contributed by atoms with E-state index >= 15 is 0 Å². The number of rotatable bonds is 7. The molecule has 0 spiro atoms. The Morgan fingerprint density at radius 2 is 1.43 bits per heavy atom. The number of halogens is 2. The van der Waals surface area contributed by atoms with Gasteiger partial charge in [0.1, 0.15) is 5.75 Å². The highest BCUT2D eigenvalue weighted by molar-refractivity contribution is 5.97. The fourth-order valence-electron chi connectivity index (χ4n) is 2.14. The predicted molar refractivity (Wildman–Crippen MR) is 97.3 cm³/mol. The number of nitrogens with one attached hydrogen (secondary N) is 2. The van der Waals surface area contributed by atoms with Gasteiger partial charge in [-0.3, -0.25) is 9.59 Å². The number of amides is 2. The van der Waals surface area contributed by atoms with E-state index in [1.54, 1.807) is 24.3 Å². The van der Waals surface area contributed by atoms with E-state index in [1.807, 2.05) is 0 Å². The Morgan fingerprint density at radius 3 is 1.93 bits per heavy atom. The van der Waals surface area contributed by atoms with Crippen molar-refractivity contribution in [2.45, 2.75) is 26.6 Å².